The highest BCUT2D eigenvalue weighted by atomic mass is 32.2. The predicted octanol–water partition coefficient (Wildman–Crippen LogP) is 3.97. The predicted molar refractivity (Wildman–Crippen MR) is 87.8 cm³/mol. The molecule has 3 rings (SSSR count). The summed E-state index contributed by atoms with van der Waals surface area (Å²) in [7, 11) is -5.82. The number of nitrogens with one attached hydrogen (secondary N) is 1. The zero-order valence-corrected chi connectivity index (χ0v) is 15.3. The molecule has 0 bridgehead atoms. The van der Waals surface area contributed by atoms with Gasteiger partial charge in [-0.3, -0.25) is 0 Å². The Morgan fingerprint density at radius 3 is 2.25 bits per heavy atom. The summed E-state index contributed by atoms with van der Waals surface area (Å²) in [5, 5.41) is 12.9. The smallest absolute Gasteiger partial charge is 0.507 e. The number of phenols is 1. The second kappa shape index (κ2) is 6.55. The van der Waals surface area contributed by atoms with Gasteiger partial charge in [-0.2, -0.15) is 30.6 Å². The molecule has 0 saturated carbocycles. The van der Waals surface area contributed by atoms with E-state index in [1.54, 1.807) is 6.92 Å². The van der Waals surface area contributed by atoms with Gasteiger partial charge in [0.25, 0.3) is 0 Å². The Labute approximate surface area is 156 Å². The highest BCUT2D eigenvalue weighted by Gasteiger charge is 2.51. The minimum Gasteiger partial charge on any atom is -0.507 e. The molecule has 1 aliphatic heterocycles. The first-order valence-electron chi connectivity index (χ1n) is 8.17. The van der Waals surface area contributed by atoms with Crippen LogP contribution in [0, 0.1) is 0 Å². The fourth-order valence-corrected chi connectivity index (χ4v) is 4.29. The van der Waals surface area contributed by atoms with E-state index in [0.29, 0.717) is 24.5 Å². The third-order valence-corrected chi connectivity index (χ3v) is 6.55. The minimum absolute atomic E-state index is 0.0393. The number of hydrogen-bond donors (Lipinski definition) is 2. The molecule has 1 aromatic carbocycles. The van der Waals surface area contributed by atoms with Crippen LogP contribution in [-0.2, 0) is 22.7 Å². The van der Waals surface area contributed by atoms with Crippen molar-refractivity contribution in [2.75, 3.05) is 11.9 Å². The zero-order chi connectivity index (χ0) is 21.1. The van der Waals surface area contributed by atoms with E-state index in [1.807, 2.05) is 0 Å². The number of fused-ring (bicyclic) bond motifs is 1. The van der Waals surface area contributed by atoms with Crippen molar-refractivity contribution < 1.29 is 39.9 Å². The number of aromatic hydroxyl groups is 1. The molecule has 28 heavy (non-hydrogen) atoms. The maximum Gasteiger partial charge on any atom is 0.511 e. The largest absolute Gasteiger partial charge is 0.511 e. The summed E-state index contributed by atoms with van der Waals surface area (Å²) in [6.07, 6.45) is -3.72. The molecule has 0 radical (unpaired) electrons. The van der Waals surface area contributed by atoms with Gasteiger partial charge in [-0.25, -0.2) is 8.42 Å². The fourth-order valence-electron chi connectivity index (χ4n) is 3.36. The Kier molecular flexibility index (Phi) is 4.86. The van der Waals surface area contributed by atoms with Crippen LogP contribution in [0.2, 0.25) is 0 Å². The summed E-state index contributed by atoms with van der Waals surface area (Å²) >= 11 is 0. The van der Waals surface area contributed by atoms with Crippen molar-refractivity contribution >= 4 is 15.7 Å². The molecule has 156 valence electrons. The van der Waals surface area contributed by atoms with Crippen molar-refractivity contribution in [2.24, 2.45) is 0 Å². The van der Waals surface area contributed by atoms with E-state index in [4.69, 9.17) is 0 Å². The fraction of sp³-hybridized carbons (Fsp3) is 0.500. The molecule has 0 amide bonds. The molecule has 0 aromatic heterocycles. The number of sulfonamides is 1. The first-order valence-corrected chi connectivity index (χ1v) is 9.61. The molecule has 0 fully saturated rings. The lowest BCUT2D eigenvalue weighted by atomic mass is 9.84. The number of allylic oxidation sites excluding steroid dienone is 1. The first-order chi connectivity index (χ1) is 12.7. The Hall–Kier alpha value is -1.95. The highest BCUT2D eigenvalue weighted by Crippen LogP contribution is 2.44. The van der Waals surface area contributed by atoms with Crippen LogP contribution < -0.4 is 5.32 Å². The molecule has 1 aromatic rings. The number of rotatable bonds is 2. The van der Waals surface area contributed by atoms with E-state index in [0.717, 1.165) is 11.6 Å². The third-order valence-electron chi connectivity index (χ3n) is 5.01. The topological polar surface area (TPSA) is 69.6 Å². The summed E-state index contributed by atoms with van der Waals surface area (Å²) in [4.78, 5) is 0. The second-order valence-corrected chi connectivity index (χ2v) is 8.66. The average Bonchev–Trinajstić information content (AvgIpc) is 2.72. The summed E-state index contributed by atoms with van der Waals surface area (Å²) in [6, 6.07) is 0.750. The quantitative estimate of drug-likeness (QED) is 0.551. The van der Waals surface area contributed by atoms with Crippen LogP contribution in [0.1, 0.15) is 30.9 Å². The van der Waals surface area contributed by atoms with Crippen molar-refractivity contribution in [3.8, 4) is 5.75 Å². The van der Waals surface area contributed by atoms with E-state index in [1.165, 1.54) is 0 Å². The maximum atomic E-state index is 13.1. The molecular weight excluding hydrogens is 414 g/mol. The van der Waals surface area contributed by atoms with Crippen LogP contribution in [0.25, 0.3) is 0 Å². The SMILES string of the molecule is CC1=C(C2CN(S(=O)(=O)C(F)(F)F)Cc3c(ccc(C(F)(F)F)c3O)N2)CC1. The molecule has 0 spiro atoms. The number of benzene rings is 1. The van der Waals surface area contributed by atoms with Crippen molar-refractivity contribution in [1.82, 2.24) is 4.31 Å². The van der Waals surface area contributed by atoms with Gasteiger partial charge in [0.2, 0.25) is 0 Å². The number of hydrogen-bond acceptors (Lipinski definition) is 4. The lowest BCUT2D eigenvalue weighted by molar-refractivity contribution is -0.138. The highest BCUT2D eigenvalue weighted by molar-refractivity contribution is 7.89. The summed E-state index contributed by atoms with van der Waals surface area (Å²) < 4.78 is 102. The van der Waals surface area contributed by atoms with Gasteiger partial charge in [0.05, 0.1) is 11.6 Å². The first kappa shape index (κ1) is 20.8. The number of anilines is 1. The lowest BCUT2D eigenvalue weighted by Crippen LogP contribution is -2.45. The molecule has 1 aliphatic carbocycles. The second-order valence-electron chi connectivity index (χ2n) is 6.73. The Morgan fingerprint density at radius 1 is 1.14 bits per heavy atom. The number of halogens is 6. The van der Waals surface area contributed by atoms with E-state index in [-0.39, 0.29) is 9.99 Å². The molecule has 2 N–H and O–H groups in total. The van der Waals surface area contributed by atoms with E-state index >= 15 is 0 Å². The molecule has 1 heterocycles. The molecule has 2 aliphatic rings. The Morgan fingerprint density at radius 2 is 1.79 bits per heavy atom. The van der Waals surface area contributed by atoms with Gasteiger partial charge in [-0.15, -0.1) is 0 Å². The lowest BCUT2D eigenvalue weighted by Gasteiger charge is -2.32. The van der Waals surface area contributed by atoms with Gasteiger partial charge in [0.1, 0.15) is 5.75 Å². The van der Waals surface area contributed by atoms with Crippen LogP contribution in [-0.4, -0.2) is 35.9 Å². The molecule has 1 atom stereocenters. The van der Waals surface area contributed by atoms with Crippen LogP contribution in [0.4, 0.5) is 32.0 Å². The van der Waals surface area contributed by atoms with Crippen LogP contribution in [0.3, 0.4) is 0 Å². The number of nitrogens with zero attached hydrogens (tertiary/aromatic N) is 1. The average molecular weight is 430 g/mol. The summed E-state index contributed by atoms with van der Waals surface area (Å²) in [6.45, 7) is 0.0892. The van der Waals surface area contributed by atoms with E-state index < -0.39 is 57.7 Å². The maximum absolute atomic E-state index is 13.1. The molecule has 1 unspecified atom stereocenters. The van der Waals surface area contributed by atoms with Gasteiger partial charge < -0.3 is 10.4 Å². The van der Waals surface area contributed by atoms with Gasteiger partial charge in [0, 0.05) is 24.3 Å². The monoisotopic (exact) mass is 430 g/mol. The molecule has 12 heteroatoms. The van der Waals surface area contributed by atoms with Crippen LogP contribution in [0.5, 0.6) is 5.75 Å². The van der Waals surface area contributed by atoms with Crippen LogP contribution >= 0.6 is 0 Å². The Balaban J connectivity index is 2.15. The molecular formula is C16H16F6N2O3S. The van der Waals surface area contributed by atoms with Gasteiger partial charge in [0.15, 0.2) is 0 Å². The van der Waals surface area contributed by atoms with E-state index in [2.05, 4.69) is 5.32 Å². The summed E-state index contributed by atoms with van der Waals surface area (Å²) in [5.41, 5.74) is -6.08. The Bertz CT molecular complexity index is 937. The standard InChI is InChI=1S/C16H16F6N2O3S/c1-8-2-3-9(8)13-7-24(28(26,27)16(20,21)22)6-10-12(23-13)5-4-11(14(10)25)15(17,18)19/h4-5,13,23,25H,2-3,6-7H2,1H3. The van der Waals surface area contributed by atoms with Crippen LogP contribution in [0.15, 0.2) is 23.3 Å². The minimum atomic E-state index is -5.82. The third kappa shape index (κ3) is 3.43. The number of alkyl halides is 6. The zero-order valence-electron chi connectivity index (χ0n) is 14.4. The van der Waals surface area contributed by atoms with Crippen molar-refractivity contribution in [3.05, 3.63) is 34.4 Å². The van der Waals surface area contributed by atoms with Gasteiger partial charge in [-0.05, 0) is 37.5 Å². The van der Waals surface area contributed by atoms with Crippen molar-refractivity contribution in [3.63, 3.8) is 0 Å². The summed E-state index contributed by atoms with van der Waals surface area (Å²) in [5.74, 6) is -1.29. The van der Waals surface area contributed by atoms with Crippen molar-refractivity contribution in [1.29, 1.82) is 0 Å². The molecule has 5 nitrogen and oxygen atoms in total. The van der Waals surface area contributed by atoms with Gasteiger partial charge in [-0.1, -0.05) is 5.57 Å². The van der Waals surface area contributed by atoms with E-state index in [9.17, 15) is 39.9 Å². The number of phenolic OH excluding ortho intramolecular Hbond substituents is 1. The van der Waals surface area contributed by atoms with Gasteiger partial charge >= 0.3 is 21.7 Å². The molecule has 0 saturated heterocycles. The van der Waals surface area contributed by atoms with Crippen molar-refractivity contribution in [2.45, 2.75) is 44.0 Å². The normalized spacial score (nSPS) is 21.6.